The van der Waals surface area contributed by atoms with Crippen molar-refractivity contribution in [3.8, 4) is 0 Å². The number of halogens is 4. The number of hydrogen-bond acceptors (Lipinski definition) is 2. The normalized spacial score (nSPS) is 17.0. The molecule has 0 aromatic heterocycles. The first kappa shape index (κ1) is 17.1. The summed E-state index contributed by atoms with van der Waals surface area (Å²) in [5.41, 5.74) is -1.76. The van der Waals surface area contributed by atoms with Crippen molar-refractivity contribution in [1.82, 2.24) is 5.32 Å². The third kappa shape index (κ3) is 3.94. The maximum atomic E-state index is 12.9. The molecule has 3 nitrogen and oxygen atoms in total. The highest BCUT2D eigenvalue weighted by molar-refractivity contribution is 9.10. The maximum Gasteiger partial charge on any atom is 0.416 e. The molecule has 0 heterocycles. The molecule has 0 spiro atoms. The lowest BCUT2D eigenvalue weighted by atomic mass is 10.0. The predicted molar refractivity (Wildman–Crippen MR) is 79.4 cm³/mol. The highest BCUT2D eigenvalue weighted by Gasteiger charge is 2.48. The Morgan fingerprint density at radius 2 is 1.86 bits per heavy atom. The highest BCUT2D eigenvalue weighted by Crippen LogP contribution is 2.49. The van der Waals surface area contributed by atoms with Crippen LogP contribution in [0.3, 0.4) is 0 Å². The van der Waals surface area contributed by atoms with Gasteiger partial charge in [0.15, 0.2) is 0 Å². The number of alkyl carbamates (subject to hydrolysis) is 1. The second kappa shape index (κ2) is 5.44. The van der Waals surface area contributed by atoms with E-state index in [4.69, 9.17) is 4.74 Å². The minimum Gasteiger partial charge on any atom is -0.444 e. The summed E-state index contributed by atoms with van der Waals surface area (Å²) in [5.74, 6) is 0. The standard InChI is InChI=1S/C15H17BrF3NO2/c1-13(2,3)22-12(21)20-14(6-7-14)10-8-9(15(17,18)19)4-5-11(10)16/h4-5,8H,6-7H2,1-3H3,(H,20,21). The average molecular weight is 380 g/mol. The molecule has 0 aliphatic heterocycles. The van der Waals surface area contributed by atoms with Gasteiger partial charge in [-0.05, 0) is 57.4 Å². The fourth-order valence-corrected chi connectivity index (χ4v) is 2.78. The van der Waals surface area contributed by atoms with Crippen LogP contribution < -0.4 is 5.32 Å². The number of hydrogen-bond donors (Lipinski definition) is 1. The van der Waals surface area contributed by atoms with Gasteiger partial charge >= 0.3 is 12.3 Å². The van der Waals surface area contributed by atoms with Crippen LogP contribution in [0, 0.1) is 0 Å². The molecule has 0 bridgehead atoms. The molecule has 1 aliphatic rings. The zero-order valence-corrected chi connectivity index (χ0v) is 14.1. The van der Waals surface area contributed by atoms with Gasteiger partial charge in [0.1, 0.15) is 5.60 Å². The minimum absolute atomic E-state index is 0.424. The van der Waals surface area contributed by atoms with Crippen molar-refractivity contribution < 1.29 is 22.7 Å². The summed E-state index contributed by atoms with van der Waals surface area (Å²) in [5, 5.41) is 2.70. The Labute approximate surface area is 135 Å². The van der Waals surface area contributed by atoms with Crippen LogP contribution >= 0.6 is 15.9 Å². The zero-order chi connectivity index (χ0) is 16.8. The predicted octanol–water partition coefficient (Wildman–Crippen LogP) is 4.98. The van der Waals surface area contributed by atoms with Crippen molar-refractivity contribution >= 4 is 22.0 Å². The van der Waals surface area contributed by atoms with Crippen molar-refractivity contribution in [2.24, 2.45) is 0 Å². The van der Waals surface area contributed by atoms with E-state index in [1.165, 1.54) is 6.07 Å². The Hall–Kier alpha value is -1.24. The average Bonchev–Trinajstić information content (AvgIpc) is 3.05. The molecule has 1 N–H and O–H groups in total. The van der Waals surface area contributed by atoms with Crippen LogP contribution in [0.1, 0.15) is 44.7 Å². The molecule has 1 amide bonds. The molecule has 1 fully saturated rings. The number of ether oxygens (including phenoxy) is 1. The molecule has 122 valence electrons. The van der Waals surface area contributed by atoms with Gasteiger partial charge in [-0.25, -0.2) is 4.79 Å². The third-order valence-electron chi connectivity index (χ3n) is 3.30. The van der Waals surface area contributed by atoms with E-state index in [-0.39, 0.29) is 0 Å². The minimum atomic E-state index is -4.42. The van der Waals surface area contributed by atoms with E-state index in [0.717, 1.165) is 12.1 Å². The van der Waals surface area contributed by atoms with Gasteiger partial charge in [-0.15, -0.1) is 0 Å². The number of benzene rings is 1. The molecule has 0 radical (unpaired) electrons. The number of carbonyl (C=O) groups is 1. The van der Waals surface area contributed by atoms with E-state index in [2.05, 4.69) is 21.2 Å². The second-order valence-electron chi connectivity index (χ2n) is 6.40. The number of carbonyl (C=O) groups excluding carboxylic acids is 1. The van der Waals surface area contributed by atoms with E-state index < -0.39 is 29.0 Å². The quantitative estimate of drug-likeness (QED) is 0.786. The molecule has 0 unspecified atom stereocenters. The molecule has 1 saturated carbocycles. The number of nitrogens with one attached hydrogen (secondary N) is 1. The summed E-state index contributed by atoms with van der Waals surface area (Å²) >= 11 is 3.26. The van der Waals surface area contributed by atoms with E-state index in [1.54, 1.807) is 20.8 Å². The van der Waals surface area contributed by atoms with E-state index in [9.17, 15) is 18.0 Å². The van der Waals surface area contributed by atoms with Gasteiger partial charge in [0, 0.05) is 4.47 Å². The van der Waals surface area contributed by atoms with Gasteiger partial charge in [-0.2, -0.15) is 13.2 Å². The maximum absolute atomic E-state index is 12.9. The lowest BCUT2D eigenvalue weighted by molar-refractivity contribution is -0.137. The van der Waals surface area contributed by atoms with E-state index >= 15 is 0 Å². The van der Waals surface area contributed by atoms with Crippen LogP contribution in [0.25, 0.3) is 0 Å². The Kier molecular flexibility index (Phi) is 4.23. The summed E-state index contributed by atoms with van der Waals surface area (Å²) in [6.07, 6.45) is -3.90. The SMILES string of the molecule is CC(C)(C)OC(=O)NC1(c2cc(C(F)(F)F)ccc2Br)CC1. The summed E-state index contributed by atoms with van der Waals surface area (Å²) in [4.78, 5) is 11.9. The Balaban J connectivity index is 2.25. The van der Waals surface area contributed by atoms with Gasteiger partial charge in [0.2, 0.25) is 0 Å². The van der Waals surface area contributed by atoms with Crippen LogP contribution in [-0.4, -0.2) is 11.7 Å². The molecular formula is C15H17BrF3NO2. The first-order valence-electron chi connectivity index (χ1n) is 6.81. The van der Waals surface area contributed by atoms with Gasteiger partial charge in [-0.1, -0.05) is 15.9 Å². The van der Waals surface area contributed by atoms with Crippen LogP contribution in [0.15, 0.2) is 22.7 Å². The summed E-state index contributed by atoms with van der Waals surface area (Å²) in [6.45, 7) is 5.19. The van der Waals surface area contributed by atoms with Crippen molar-refractivity contribution in [1.29, 1.82) is 0 Å². The highest BCUT2D eigenvalue weighted by atomic mass is 79.9. The number of alkyl halides is 3. The summed E-state index contributed by atoms with van der Waals surface area (Å²) < 4.78 is 44.3. The van der Waals surface area contributed by atoms with E-state index in [0.29, 0.717) is 22.9 Å². The molecule has 0 atom stereocenters. The van der Waals surface area contributed by atoms with E-state index in [1.807, 2.05) is 0 Å². The molecule has 1 aromatic rings. The fourth-order valence-electron chi connectivity index (χ4n) is 2.15. The molecule has 2 rings (SSSR count). The molecule has 7 heteroatoms. The molecule has 1 aliphatic carbocycles. The van der Waals surface area contributed by atoms with Gasteiger partial charge in [0.05, 0.1) is 11.1 Å². The third-order valence-corrected chi connectivity index (χ3v) is 3.99. The molecule has 22 heavy (non-hydrogen) atoms. The van der Waals surface area contributed by atoms with Gasteiger partial charge in [0.25, 0.3) is 0 Å². The Bertz CT molecular complexity index is 589. The number of amides is 1. The van der Waals surface area contributed by atoms with Crippen molar-refractivity contribution in [3.63, 3.8) is 0 Å². The lowest BCUT2D eigenvalue weighted by Crippen LogP contribution is -2.39. The van der Waals surface area contributed by atoms with Gasteiger partial charge < -0.3 is 10.1 Å². The first-order chi connectivity index (χ1) is 9.93. The fraction of sp³-hybridized carbons (Fsp3) is 0.533. The summed E-state index contributed by atoms with van der Waals surface area (Å²) in [7, 11) is 0. The van der Waals surface area contributed by atoms with Crippen LogP contribution in [-0.2, 0) is 16.5 Å². The van der Waals surface area contributed by atoms with Crippen molar-refractivity contribution in [3.05, 3.63) is 33.8 Å². The second-order valence-corrected chi connectivity index (χ2v) is 7.26. The topological polar surface area (TPSA) is 38.3 Å². The van der Waals surface area contributed by atoms with Crippen LogP contribution in [0.4, 0.5) is 18.0 Å². The smallest absolute Gasteiger partial charge is 0.416 e. The van der Waals surface area contributed by atoms with Crippen molar-refractivity contribution in [2.75, 3.05) is 0 Å². The summed E-state index contributed by atoms with van der Waals surface area (Å²) in [6, 6.07) is 3.45. The largest absolute Gasteiger partial charge is 0.444 e. The monoisotopic (exact) mass is 379 g/mol. The van der Waals surface area contributed by atoms with Crippen LogP contribution in [0.2, 0.25) is 0 Å². The Morgan fingerprint density at radius 1 is 1.27 bits per heavy atom. The molecular weight excluding hydrogens is 363 g/mol. The molecule has 1 aromatic carbocycles. The molecule has 0 saturated heterocycles. The Morgan fingerprint density at radius 3 is 2.32 bits per heavy atom. The van der Waals surface area contributed by atoms with Crippen molar-refractivity contribution in [2.45, 2.75) is 50.9 Å². The van der Waals surface area contributed by atoms with Crippen LogP contribution in [0.5, 0.6) is 0 Å². The zero-order valence-electron chi connectivity index (χ0n) is 12.5. The van der Waals surface area contributed by atoms with Gasteiger partial charge in [-0.3, -0.25) is 0 Å². The lowest BCUT2D eigenvalue weighted by Gasteiger charge is -2.24. The first-order valence-corrected chi connectivity index (χ1v) is 7.61. The number of rotatable bonds is 2.